The van der Waals surface area contributed by atoms with Gasteiger partial charge < -0.3 is 5.32 Å². The molecule has 0 atom stereocenters. The first-order valence-corrected chi connectivity index (χ1v) is 11.5. The van der Waals surface area contributed by atoms with Gasteiger partial charge in [-0.2, -0.15) is 4.31 Å². The quantitative estimate of drug-likeness (QED) is 0.581. The molecule has 150 valence electrons. The lowest BCUT2D eigenvalue weighted by Gasteiger charge is -2.15. The van der Waals surface area contributed by atoms with Gasteiger partial charge in [0.1, 0.15) is 0 Å². The van der Waals surface area contributed by atoms with Gasteiger partial charge in [0, 0.05) is 37.6 Å². The van der Waals surface area contributed by atoms with E-state index in [1.54, 1.807) is 24.5 Å². The maximum atomic E-state index is 12.9. The summed E-state index contributed by atoms with van der Waals surface area (Å²) in [7, 11) is -3.56. The second-order valence-electron chi connectivity index (χ2n) is 6.71. The molecule has 4 rings (SSSR count). The molecule has 7 nitrogen and oxygen atoms in total. The molecule has 1 aromatic carbocycles. The number of rotatable bonds is 7. The molecule has 29 heavy (non-hydrogen) atoms. The SMILES string of the molecule is O=C(c1cccc(S(=O)(=O)N2CCCC2)c1)c1cnc(NCc2cccnc2)s1. The van der Waals surface area contributed by atoms with Gasteiger partial charge in [0.2, 0.25) is 15.8 Å². The van der Waals surface area contributed by atoms with Crippen molar-refractivity contribution in [1.29, 1.82) is 0 Å². The van der Waals surface area contributed by atoms with E-state index in [9.17, 15) is 13.2 Å². The number of nitrogens with one attached hydrogen (secondary N) is 1. The monoisotopic (exact) mass is 428 g/mol. The summed E-state index contributed by atoms with van der Waals surface area (Å²) in [5.74, 6) is -0.240. The summed E-state index contributed by atoms with van der Waals surface area (Å²) in [6.45, 7) is 1.61. The largest absolute Gasteiger partial charge is 0.357 e. The van der Waals surface area contributed by atoms with Gasteiger partial charge in [0.25, 0.3) is 0 Å². The Hall–Kier alpha value is -2.62. The van der Waals surface area contributed by atoms with Gasteiger partial charge in [-0.25, -0.2) is 13.4 Å². The lowest BCUT2D eigenvalue weighted by Crippen LogP contribution is -2.28. The fourth-order valence-electron chi connectivity index (χ4n) is 3.16. The van der Waals surface area contributed by atoms with E-state index < -0.39 is 10.0 Å². The molecule has 1 fully saturated rings. The number of carbonyl (C=O) groups excluding carboxylic acids is 1. The summed E-state index contributed by atoms with van der Waals surface area (Å²) >= 11 is 1.24. The Morgan fingerprint density at radius 2 is 1.97 bits per heavy atom. The minimum Gasteiger partial charge on any atom is -0.357 e. The molecule has 1 aliphatic rings. The summed E-state index contributed by atoms with van der Waals surface area (Å²) in [4.78, 5) is 21.8. The van der Waals surface area contributed by atoms with E-state index in [1.807, 2.05) is 12.1 Å². The molecule has 0 spiro atoms. The van der Waals surface area contributed by atoms with Crippen LogP contribution in [-0.2, 0) is 16.6 Å². The topological polar surface area (TPSA) is 92.3 Å². The van der Waals surface area contributed by atoms with E-state index in [0.29, 0.717) is 35.2 Å². The number of ketones is 1. The second kappa shape index (κ2) is 8.40. The molecule has 0 saturated carbocycles. The van der Waals surface area contributed by atoms with Crippen LogP contribution in [0.4, 0.5) is 5.13 Å². The zero-order valence-corrected chi connectivity index (χ0v) is 17.2. The smallest absolute Gasteiger partial charge is 0.243 e. The van der Waals surface area contributed by atoms with E-state index >= 15 is 0 Å². The van der Waals surface area contributed by atoms with Crippen LogP contribution in [0.1, 0.15) is 33.6 Å². The van der Waals surface area contributed by atoms with Crippen LogP contribution in [-0.4, -0.2) is 41.6 Å². The Kier molecular flexibility index (Phi) is 5.70. The molecule has 0 aliphatic carbocycles. The molecule has 0 unspecified atom stereocenters. The predicted octanol–water partition coefficient (Wildman–Crippen LogP) is 3.17. The number of benzene rings is 1. The minimum atomic E-state index is -3.56. The average Bonchev–Trinajstić information content (AvgIpc) is 3.45. The fourth-order valence-corrected chi connectivity index (χ4v) is 5.50. The van der Waals surface area contributed by atoms with Gasteiger partial charge in [0.15, 0.2) is 5.13 Å². The number of aromatic nitrogens is 2. The van der Waals surface area contributed by atoms with Crippen molar-refractivity contribution >= 4 is 32.3 Å². The van der Waals surface area contributed by atoms with Crippen molar-refractivity contribution in [3.05, 3.63) is 71.0 Å². The zero-order chi connectivity index (χ0) is 20.3. The van der Waals surface area contributed by atoms with Crippen LogP contribution in [0.3, 0.4) is 0 Å². The van der Waals surface area contributed by atoms with Crippen molar-refractivity contribution in [2.75, 3.05) is 18.4 Å². The van der Waals surface area contributed by atoms with E-state index in [2.05, 4.69) is 15.3 Å². The molecule has 1 saturated heterocycles. The maximum Gasteiger partial charge on any atom is 0.243 e. The molecule has 0 radical (unpaired) electrons. The van der Waals surface area contributed by atoms with E-state index in [1.165, 1.54) is 34.0 Å². The van der Waals surface area contributed by atoms with Gasteiger partial charge in [0.05, 0.1) is 16.0 Å². The third kappa shape index (κ3) is 4.36. The van der Waals surface area contributed by atoms with E-state index in [-0.39, 0.29) is 10.7 Å². The average molecular weight is 429 g/mol. The molecule has 3 aromatic rings. The minimum absolute atomic E-state index is 0.157. The van der Waals surface area contributed by atoms with Crippen molar-refractivity contribution in [1.82, 2.24) is 14.3 Å². The highest BCUT2D eigenvalue weighted by Crippen LogP contribution is 2.25. The Morgan fingerprint density at radius 3 is 2.72 bits per heavy atom. The van der Waals surface area contributed by atoms with Crippen LogP contribution in [0.15, 0.2) is 59.9 Å². The number of anilines is 1. The molecule has 0 bridgehead atoms. The summed E-state index contributed by atoms with van der Waals surface area (Å²) < 4.78 is 27.0. The summed E-state index contributed by atoms with van der Waals surface area (Å²) in [6, 6.07) is 10.0. The Balaban J connectivity index is 1.49. The van der Waals surface area contributed by atoms with Gasteiger partial charge in [-0.05, 0) is 36.6 Å². The highest BCUT2D eigenvalue weighted by Gasteiger charge is 2.27. The van der Waals surface area contributed by atoms with E-state index in [4.69, 9.17) is 0 Å². The van der Waals surface area contributed by atoms with Crippen molar-refractivity contribution in [3.63, 3.8) is 0 Å². The molecular weight excluding hydrogens is 408 g/mol. The highest BCUT2D eigenvalue weighted by molar-refractivity contribution is 7.89. The van der Waals surface area contributed by atoms with E-state index in [0.717, 1.165) is 18.4 Å². The molecule has 0 amide bonds. The van der Waals surface area contributed by atoms with Gasteiger partial charge in [-0.1, -0.05) is 29.5 Å². The Bertz CT molecular complexity index is 1110. The summed E-state index contributed by atoms with van der Waals surface area (Å²) in [5, 5.41) is 3.80. The van der Waals surface area contributed by atoms with Crippen LogP contribution in [0, 0.1) is 0 Å². The number of hydrogen-bond donors (Lipinski definition) is 1. The van der Waals surface area contributed by atoms with Gasteiger partial charge in [-0.15, -0.1) is 0 Å². The first-order valence-electron chi connectivity index (χ1n) is 9.27. The second-order valence-corrected chi connectivity index (χ2v) is 9.68. The Morgan fingerprint density at radius 1 is 1.14 bits per heavy atom. The first kappa shape index (κ1) is 19.7. The van der Waals surface area contributed by atoms with Crippen molar-refractivity contribution in [2.24, 2.45) is 0 Å². The number of sulfonamides is 1. The molecule has 9 heteroatoms. The normalized spacial score (nSPS) is 14.8. The number of pyridine rings is 1. The van der Waals surface area contributed by atoms with Gasteiger partial charge in [-0.3, -0.25) is 9.78 Å². The molecule has 2 aromatic heterocycles. The molecule has 3 heterocycles. The zero-order valence-electron chi connectivity index (χ0n) is 15.6. The lowest BCUT2D eigenvalue weighted by molar-refractivity contribution is 0.104. The summed E-state index contributed by atoms with van der Waals surface area (Å²) in [5.41, 5.74) is 1.35. The standard InChI is InChI=1S/C20H20N4O3S2/c25-19(18-14-23-20(28-18)22-13-15-5-4-8-21-12-15)16-6-3-7-17(11-16)29(26,27)24-9-1-2-10-24/h3-8,11-12,14H,1-2,9-10,13H2,(H,22,23). The lowest BCUT2D eigenvalue weighted by atomic mass is 10.1. The highest BCUT2D eigenvalue weighted by atomic mass is 32.2. The summed E-state index contributed by atoms with van der Waals surface area (Å²) in [6.07, 6.45) is 6.72. The number of carbonyl (C=O) groups is 1. The number of nitrogens with zero attached hydrogens (tertiary/aromatic N) is 3. The molecular formula is C20H20N4O3S2. The van der Waals surface area contributed by atoms with Crippen LogP contribution in [0.2, 0.25) is 0 Å². The van der Waals surface area contributed by atoms with Crippen LogP contribution >= 0.6 is 11.3 Å². The maximum absolute atomic E-state index is 12.9. The number of thiazole rings is 1. The van der Waals surface area contributed by atoms with Crippen molar-refractivity contribution in [3.8, 4) is 0 Å². The van der Waals surface area contributed by atoms with Crippen LogP contribution < -0.4 is 5.32 Å². The van der Waals surface area contributed by atoms with Crippen molar-refractivity contribution < 1.29 is 13.2 Å². The van der Waals surface area contributed by atoms with Crippen molar-refractivity contribution in [2.45, 2.75) is 24.3 Å². The third-order valence-electron chi connectivity index (χ3n) is 4.70. The molecule has 1 aliphatic heterocycles. The van der Waals surface area contributed by atoms with Crippen LogP contribution in [0.5, 0.6) is 0 Å². The first-order chi connectivity index (χ1) is 14.0. The molecule has 1 N–H and O–H groups in total. The Labute approximate surface area is 173 Å². The van der Waals surface area contributed by atoms with Gasteiger partial charge >= 0.3 is 0 Å². The number of hydrogen-bond acceptors (Lipinski definition) is 7. The predicted molar refractivity (Wildman–Crippen MR) is 112 cm³/mol. The fraction of sp³-hybridized carbons (Fsp3) is 0.250. The van der Waals surface area contributed by atoms with Crippen LogP contribution in [0.25, 0.3) is 0 Å². The third-order valence-corrected chi connectivity index (χ3v) is 7.54.